The lowest BCUT2D eigenvalue weighted by molar-refractivity contribution is -0.178. The molecule has 2 N–H and O–H groups in total. The predicted molar refractivity (Wildman–Crippen MR) is 243 cm³/mol. The second kappa shape index (κ2) is 18.8. The maximum Gasteiger partial charge on any atom is 0.305 e. The molecule has 8 nitrogen and oxygen atoms in total. The number of methoxy groups -OCH3 is 2. The summed E-state index contributed by atoms with van der Waals surface area (Å²) in [5.74, 6) is 6.77. The van der Waals surface area contributed by atoms with Gasteiger partial charge in [0.05, 0.1) is 38.6 Å². The van der Waals surface area contributed by atoms with Crippen molar-refractivity contribution in [3.63, 3.8) is 0 Å². The smallest absolute Gasteiger partial charge is 0.305 e. The van der Waals surface area contributed by atoms with E-state index in [1.54, 1.807) is 0 Å². The molecule has 0 amide bonds. The molecule has 8 heteroatoms. The summed E-state index contributed by atoms with van der Waals surface area (Å²) in [5.41, 5.74) is 0.510. The van der Waals surface area contributed by atoms with Gasteiger partial charge in [0.2, 0.25) is 0 Å². The molecule has 20 atom stereocenters. The van der Waals surface area contributed by atoms with Gasteiger partial charge in [0.25, 0.3) is 0 Å². The molecule has 6 unspecified atom stereocenters. The third-order valence-corrected chi connectivity index (χ3v) is 22.3. The first-order chi connectivity index (χ1) is 29.6. The van der Waals surface area contributed by atoms with E-state index in [4.69, 9.17) is 18.9 Å². The topological polar surface area (TPSA) is 112 Å². The quantitative estimate of drug-likeness (QED) is 0.124. The van der Waals surface area contributed by atoms with E-state index >= 15 is 0 Å². The molecule has 8 aliphatic carbocycles. The largest absolute Gasteiger partial charge is 0.469 e. The van der Waals surface area contributed by atoms with E-state index in [9.17, 15) is 19.8 Å². The first-order valence-corrected chi connectivity index (χ1v) is 26.3. The van der Waals surface area contributed by atoms with E-state index in [1.807, 2.05) is 0 Å². The SMILES string of the molecule is COC(=O)CC[C@@H](C)[C@H]1CCC2C3CC[C@@H]4C[C@H](OCCCCO[C@H]5CC[C@]6(C)C7C[C@H](O)[C@@]8(C)C(CC[C@@H]8[C@H](C)CCC(=O)OC)C7CC[C@@H]6C5)CC[C@]4(C)C3C[C@H](O)[C@@]21C. The van der Waals surface area contributed by atoms with Gasteiger partial charge >= 0.3 is 11.9 Å². The Bertz CT molecular complexity index is 1440. The van der Waals surface area contributed by atoms with Crippen LogP contribution >= 0.6 is 0 Å². The highest BCUT2D eigenvalue weighted by molar-refractivity contribution is 5.69. The van der Waals surface area contributed by atoms with Crippen LogP contribution in [0.1, 0.15) is 183 Å². The van der Waals surface area contributed by atoms with Gasteiger partial charge in [0, 0.05) is 26.1 Å². The number of carbonyl (C=O) groups excluding carboxylic acids is 2. The lowest BCUT2D eigenvalue weighted by Crippen LogP contribution is -2.59. The van der Waals surface area contributed by atoms with Crippen LogP contribution in [0, 0.1) is 92.7 Å². The van der Waals surface area contributed by atoms with Crippen molar-refractivity contribution in [2.24, 2.45) is 92.7 Å². The van der Waals surface area contributed by atoms with Crippen LogP contribution in [0.2, 0.25) is 0 Å². The van der Waals surface area contributed by atoms with Crippen LogP contribution in [0.4, 0.5) is 0 Å². The summed E-state index contributed by atoms with van der Waals surface area (Å²) in [6, 6.07) is 0. The molecule has 8 rings (SSSR count). The second-order valence-electron chi connectivity index (χ2n) is 24.3. The third kappa shape index (κ3) is 8.30. The minimum atomic E-state index is -0.258. The fourth-order valence-corrected chi connectivity index (χ4v) is 18.6. The molecule has 0 aromatic carbocycles. The molecule has 0 radical (unpaired) electrons. The summed E-state index contributed by atoms with van der Waals surface area (Å²) in [5, 5.41) is 24.0. The van der Waals surface area contributed by atoms with Gasteiger partial charge in [-0.3, -0.25) is 9.59 Å². The van der Waals surface area contributed by atoms with Gasteiger partial charge < -0.3 is 29.2 Å². The molecule has 0 aliphatic heterocycles. The molecule has 8 saturated carbocycles. The highest BCUT2D eigenvalue weighted by atomic mass is 16.5. The van der Waals surface area contributed by atoms with E-state index in [2.05, 4.69) is 41.5 Å². The highest BCUT2D eigenvalue weighted by Crippen LogP contribution is 2.70. The monoisotopic (exact) mass is 867 g/mol. The Hall–Kier alpha value is -1.22. The van der Waals surface area contributed by atoms with Crippen LogP contribution in [0.3, 0.4) is 0 Å². The molecule has 0 aromatic heterocycles. The molecular weight excluding hydrogens is 777 g/mol. The Morgan fingerprint density at radius 3 is 1.34 bits per heavy atom. The number of rotatable bonds is 15. The normalized spacial score (nSPS) is 48.0. The first kappa shape index (κ1) is 47.3. The van der Waals surface area contributed by atoms with Crippen molar-refractivity contribution < 1.29 is 38.7 Å². The zero-order chi connectivity index (χ0) is 44.2. The molecule has 354 valence electrons. The molecule has 0 spiro atoms. The Balaban J connectivity index is 0.755. The summed E-state index contributed by atoms with van der Waals surface area (Å²) in [6.07, 6.45) is 24.0. The highest BCUT2D eigenvalue weighted by Gasteiger charge is 2.65. The Kier molecular flexibility index (Phi) is 14.3. The summed E-state index contributed by atoms with van der Waals surface area (Å²) in [4.78, 5) is 23.9. The number of hydrogen-bond acceptors (Lipinski definition) is 8. The number of carbonyl (C=O) groups is 2. The van der Waals surface area contributed by atoms with Crippen molar-refractivity contribution in [2.45, 2.75) is 207 Å². The molecule has 0 heterocycles. The number of ether oxygens (including phenoxy) is 4. The van der Waals surface area contributed by atoms with Gasteiger partial charge in [-0.15, -0.1) is 0 Å². The second-order valence-corrected chi connectivity index (χ2v) is 24.3. The van der Waals surface area contributed by atoms with E-state index in [0.29, 0.717) is 107 Å². The summed E-state index contributed by atoms with van der Waals surface area (Å²) in [6.45, 7) is 16.3. The Morgan fingerprint density at radius 1 is 0.548 bits per heavy atom. The van der Waals surface area contributed by atoms with Gasteiger partial charge in [-0.1, -0.05) is 41.5 Å². The van der Waals surface area contributed by atoms with Gasteiger partial charge in [0.1, 0.15) is 0 Å². The lowest BCUT2D eigenvalue weighted by atomic mass is 9.43. The molecule has 8 fully saturated rings. The average Bonchev–Trinajstić information content (AvgIpc) is 3.82. The van der Waals surface area contributed by atoms with Crippen LogP contribution in [-0.2, 0) is 28.5 Å². The molecular formula is C54H90O8. The van der Waals surface area contributed by atoms with E-state index < -0.39 is 0 Å². The number of unbranched alkanes of at least 4 members (excludes halogenated alkanes) is 1. The molecule has 8 aliphatic rings. The standard InChI is InChI=1S/C54H90O8/c1-33(11-21-49(57)59-7)41-17-19-43-39-15-13-35-29-37(23-25-51(35,3)45(39)31-47(55)53(41,43)5)61-27-9-10-28-62-38-24-26-52(4)36(30-38)14-16-40-44-20-18-42(34(2)12-22-50(58)60-8)54(44,6)48(56)32-46(40)52/h33-48,55-56H,9-32H2,1-8H3/t33-,34-,35-,36-,37-,38+,39?,40?,41-,42-,43?,44?,45?,46?,47+,48+,51+,52+,53-,54-/m1/s1. The van der Waals surface area contributed by atoms with Crippen molar-refractivity contribution in [1.29, 1.82) is 0 Å². The minimum absolute atomic E-state index is 0.0428. The number of esters is 2. The minimum Gasteiger partial charge on any atom is -0.469 e. The Morgan fingerprint density at radius 2 is 0.952 bits per heavy atom. The summed E-state index contributed by atoms with van der Waals surface area (Å²) in [7, 11) is 2.97. The maximum absolute atomic E-state index is 12.0. The van der Waals surface area contributed by atoms with Gasteiger partial charge in [0.15, 0.2) is 0 Å². The molecule has 62 heavy (non-hydrogen) atoms. The zero-order valence-electron chi connectivity index (χ0n) is 40.6. The van der Waals surface area contributed by atoms with Crippen molar-refractivity contribution in [2.75, 3.05) is 27.4 Å². The fraction of sp³-hybridized carbons (Fsp3) is 0.963. The number of aliphatic hydroxyl groups is 2. The van der Waals surface area contributed by atoms with Crippen LogP contribution in [-0.4, -0.2) is 74.0 Å². The molecule has 0 saturated heterocycles. The lowest BCUT2D eigenvalue weighted by Gasteiger charge is -2.62. The van der Waals surface area contributed by atoms with Gasteiger partial charge in [-0.2, -0.15) is 0 Å². The zero-order valence-corrected chi connectivity index (χ0v) is 40.6. The summed E-state index contributed by atoms with van der Waals surface area (Å²) >= 11 is 0. The first-order valence-electron chi connectivity index (χ1n) is 26.3. The molecule has 0 aromatic rings. The van der Waals surface area contributed by atoms with Crippen molar-refractivity contribution in [3.8, 4) is 0 Å². The van der Waals surface area contributed by atoms with Gasteiger partial charge in [-0.25, -0.2) is 0 Å². The van der Waals surface area contributed by atoms with Crippen molar-refractivity contribution in [1.82, 2.24) is 0 Å². The van der Waals surface area contributed by atoms with Crippen LogP contribution < -0.4 is 0 Å². The third-order valence-electron chi connectivity index (χ3n) is 22.3. The summed E-state index contributed by atoms with van der Waals surface area (Å²) < 4.78 is 23.2. The van der Waals surface area contributed by atoms with Crippen molar-refractivity contribution in [3.05, 3.63) is 0 Å². The van der Waals surface area contributed by atoms with E-state index in [0.717, 1.165) is 64.6 Å². The fourth-order valence-electron chi connectivity index (χ4n) is 18.6. The number of aliphatic hydroxyl groups excluding tert-OH is 2. The van der Waals surface area contributed by atoms with Crippen LogP contribution in [0.5, 0.6) is 0 Å². The van der Waals surface area contributed by atoms with Crippen LogP contribution in [0.15, 0.2) is 0 Å². The van der Waals surface area contributed by atoms with E-state index in [1.165, 1.54) is 91.3 Å². The number of fused-ring (bicyclic) bond motifs is 10. The Labute approximate surface area is 376 Å². The van der Waals surface area contributed by atoms with Crippen molar-refractivity contribution >= 4 is 11.9 Å². The molecule has 0 bridgehead atoms. The average molecular weight is 867 g/mol. The van der Waals surface area contributed by atoms with Crippen LogP contribution in [0.25, 0.3) is 0 Å². The maximum atomic E-state index is 12.0. The predicted octanol–water partition coefficient (Wildman–Crippen LogP) is 11.0. The van der Waals surface area contributed by atoms with Gasteiger partial charge in [-0.05, 0) is 221 Å². The van der Waals surface area contributed by atoms with E-state index in [-0.39, 0.29) is 35.0 Å². The number of hydrogen-bond donors (Lipinski definition) is 2.